The normalized spacial score (nSPS) is 12.4. The lowest BCUT2D eigenvalue weighted by atomic mass is 9.95. The molecule has 1 aliphatic rings. The fraction of sp³-hybridized carbons (Fsp3) is 0.0588. The van der Waals surface area contributed by atoms with Gasteiger partial charge in [0.15, 0.2) is 0 Å². The summed E-state index contributed by atoms with van der Waals surface area (Å²) in [6.45, 7) is 0. The van der Waals surface area contributed by atoms with Gasteiger partial charge in [-0.15, -0.1) is 0 Å². The Balaban J connectivity index is 1.39. The monoisotopic (exact) mass is 460 g/mol. The quantitative estimate of drug-likeness (QED) is 0.255. The molecule has 2 heteroatoms. The van der Waals surface area contributed by atoms with Crippen molar-refractivity contribution in [1.82, 2.24) is 4.57 Å². The molecule has 1 aliphatic carbocycles. The van der Waals surface area contributed by atoms with Crippen LogP contribution in [0.25, 0.3) is 33.6 Å². The van der Waals surface area contributed by atoms with Crippen molar-refractivity contribution >= 4 is 44.9 Å². The summed E-state index contributed by atoms with van der Waals surface area (Å²) in [5, 5.41) is 2.50. The van der Waals surface area contributed by atoms with Crippen LogP contribution in [0.4, 0.5) is 17.1 Å². The molecule has 0 saturated heterocycles. The van der Waals surface area contributed by atoms with Gasteiger partial charge < -0.3 is 9.47 Å². The van der Waals surface area contributed by atoms with E-state index in [1.54, 1.807) is 0 Å². The van der Waals surface area contributed by atoms with Gasteiger partial charge in [-0.05, 0) is 90.7 Å². The third-order valence-electron chi connectivity index (χ3n) is 7.09. The highest BCUT2D eigenvalue weighted by Gasteiger charge is 2.17. The summed E-state index contributed by atoms with van der Waals surface area (Å²) >= 11 is 0. The Bertz CT molecular complexity index is 1670. The van der Waals surface area contributed by atoms with Crippen molar-refractivity contribution in [3.8, 4) is 5.69 Å². The molecular formula is C34H24N2. The molecule has 0 saturated carbocycles. The molecule has 1 heterocycles. The molecule has 1 aromatic heterocycles. The van der Waals surface area contributed by atoms with Crippen LogP contribution in [0.5, 0.6) is 0 Å². The van der Waals surface area contributed by atoms with Crippen molar-refractivity contribution in [1.29, 1.82) is 0 Å². The molecule has 0 radical (unpaired) electrons. The summed E-state index contributed by atoms with van der Waals surface area (Å²) in [5.74, 6) is 0. The van der Waals surface area contributed by atoms with Crippen LogP contribution < -0.4 is 4.90 Å². The summed E-state index contributed by atoms with van der Waals surface area (Å²) in [6, 6.07) is 45.1. The van der Waals surface area contributed by atoms with Crippen molar-refractivity contribution in [2.24, 2.45) is 0 Å². The summed E-state index contributed by atoms with van der Waals surface area (Å²) in [4.78, 5) is 2.29. The molecule has 0 amide bonds. The number of anilines is 3. The van der Waals surface area contributed by atoms with E-state index in [1.165, 1.54) is 27.4 Å². The number of para-hydroxylation sites is 2. The molecule has 0 N–H and O–H groups in total. The average molecular weight is 461 g/mol. The molecular weight excluding hydrogens is 436 g/mol. The van der Waals surface area contributed by atoms with Gasteiger partial charge in [0.1, 0.15) is 0 Å². The molecule has 170 valence electrons. The average Bonchev–Trinajstić information content (AvgIpc) is 3.27. The topological polar surface area (TPSA) is 8.17 Å². The Kier molecular flexibility index (Phi) is 4.86. The fourth-order valence-electron chi connectivity index (χ4n) is 5.41. The van der Waals surface area contributed by atoms with E-state index >= 15 is 0 Å². The number of rotatable bonds is 4. The van der Waals surface area contributed by atoms with Crippen LogP contribution in [-0.4, -0.2) is 4.57 Å². The number of fused-ring (bicyclic) bond motifs is 4. The molecule has 0 spiro atoms. The first-order valence-electron chi connectivity index (χ1n) is 12.4. The smallest absolute Gasteiger partial charge is 0.0631 e. The molecule has 0 aliphatic heterocycles. The van der Waals surface area contributed by atoms with Crippen LogP contribution in [0.15, 0.2) is 115 Å². The van der Waals surface area contributed by atoms with Gasteiger partial charge in [0.25, 0.3) is 0 Å². The van der Waals surface area contributed by atoms with Crippen LogP contribution in [-0.2, 0) is 6.42 Å². The van der Waals surface area contributed by atoms with Crippen molar-refractivity contribution in [2.75, 3.05) is 4.90 Å². The van der Waals surface area contributed by atoms with Crippen LogP contribution in [0, 0.1) is 12.1 Å². The lowest BCUT2D eigenvalue weighted by molar-refractivity contribution is 0.988. The molecule has 36 heavy (non-hydrogen) atoms. The molecule has 0 atom stereocenters. The summed E-state index contributed by atoms with van der Waals surface area (Å²) in [7, 11) is 0. The maximum Gasteiger partial charge on any atom is 0.0631 e. The van der Waals surface area contributed by atoms with Gasteiger partial charge in [-0.2, -0.15) is 0 Å². The van der Waals surface area contributed by atoms with Crippen molar-refractivity contribution in [3.63, 3.8) is 0 Å². The number of benzene rings is 4. The number of aromatic nitrogens is 1. The largest absolute Gasteiger partial charge is 0.311 e. The third kappa shape index (κ3) is 3.37. The number of hydrogen-bond acceptors (Lipinski definition) is 1. The van der Waals surface area contributed by atoms with Gasteiger partial charge in [0.2, 0.25) is 0 Å². The first-order valence-corrected chi connectivity index (χ1v) is 12.4. The van der Waals surface area contributed by atoms with Crippen molar-refractivity contribution in [3.05, 3.63) is 139 Å². The van der Waals surface area contributed by atoms with Gasteiger partial charge >= 0.3 is 0 Å². The zero-order chi connectivity index (χ0) is 23.9. The third-order valence-corrected chi connectivity index (χ3v) is 7.09. The van der Waals surface area contributed by atoms with E-state index in [4.69, 9.17) is 0 Å². The molecule has 6 aromatic rings. The first-order chi connectivity index (χ1) is 17.9. The second-order valence-electron chi connectivity index (χ2n) is 9.24. The number of aryl methyl sites for hydroxylation is 1. The second-order valence-corrected chi connectivity index (χ2v) is 9.24. The summed E-state index contributed by atoms with van der Waals surface area (Å²) in [5.41, 5.74) is 9.66. The van der Waals surface area contributed by atoms with Crippen LogP contribution >= 0.6 is 0 Å². The Morgan fingerprint density at radius 2 is 1.31 bits per heavy atom. The minimum atomic E-state index is 1.10. The highest BCUT2D eigenvalue weighted by atomic mass is 15.1. The van der Waals surface area contributed by atoms with Gasteiger partial charge in [0, 0.05) is 39.6 Å². The van der Waals surface area contributed by atoms with E-state index in [0.29, 0.717) is 0 Å². The SMILES string of the molecule is c1cc2c3cc4c(cc3n(-c3ccc(N(c5ccccc5)c5ccccc5)cc3)c2cc#1)C=CCC4. The maximum atomic E-state index is 3.18. The van der Waals surface area contributed by atoms with Gasteiger partial charge in [0.05, 0.1) is 11.0 Å². The zero-order valence-corrected chi connectivity index (χ0v) is 19.9. The second kappa shape index (κ2) is 8.48. The minimum Gasteiger partial charge on any atom is -0.311 e. The highest BCUT2D eigenvalue weighted by Crippen LogP contribution is 2.37. The Hall–Kier alpha value is -4.74. The Labute approximate surface area is 211 Å². The van der Waals surface area contributed by atoms with Crippen LogP contribution in [0.3, 0.4) is 0 Å². The maximum absolute atomic E-state index is 3.18. The molecule has 0 bridgehead atoms. The van der Waals surface area contributed by atoms with E-state index in [-0.39, 0.29) is 0 Å². The molecule has 0 unspecified atom stereocenters. The van der Waals surface area contributed by atoms with Crippen LogP contribution in [0.1, 0.15) is 17.5 Å². The van der Waals surface area contributed by atoms with E-state index < -0.39 is 0 Å². The van der Waals surface area contributed by atoms with Gasteiger partial charge in [-0.1, -0.05) is 60.7 Å². The van der Waals surface area contributed by atoms with Crippen molar-refractivity contribution < 1.29 is 0 Å². The lowest BCUT2D eigenvalue weighted by Crippen LogP contribution is -2.09. The van der Waals surface area contributed by atoms with E-state index in [9.17, 15) is 0 Å². The Morgan fingerprint density at radius 1 is 0.639 bits per heavy atom. The van der Waals surface area contributed by atoms with E-state index in [1.807, 2.05) is 0 Å². The van der Waals surface area contributed by atoms with Crippen LogP contribution in [0.2, 0.25) is 0 Å². The number of hydrogen-bond donors (Lipinski definition) is 0. The predicted molar refractivity (Wildman–Crippen MR) is 150 cm³/mol. The lowest BCUT2D eigenvalue weighted by Gasteiger charge is -2.25. The molecule has 2 nitrogen and oxygen atoms in total. The zero-order valence-electron chi connectivity index (χ0n) is 19.9. The summed E-state index contributed by atoms with van der Waals surface area (Å²) < 4.78 is 2.36. The fourth-order valence-corrected chi connectivity index (χ4v) is 5.41. The van der Waals surface area contributed by atoms with Crippen molar-refractivity contribution in [2.45, 2.75) is 12.8 Å². The molecule has 5 aromatic carbocycles. The standard InChI is InChI=1S/C34H24N2/c1-3-13-27(14-4-1)35(28-15-5-2-6-16-28)29-19-21-30(22-20-29)36-33-18-10-9-17-31(33)32-23-25-11-7-8-12-26(25)24-34(32)36/h1-6,8,12-24H,7,11H2. The highest BCUT2D eigenvalue weighted by molar-refractivity contribution is 6.10. The first kappa shape index (κ1) is 20.6. The minimum absolute atomic E-state index is 1.10. The summed E-state index contributed by atoms with van der Waals surface area (Å²) in [6.07, 6.45) is 6.75. The van der Waals surface area contributed by atoms with Gasteiger partial charge in [-0.25, -0.2) is 0 Å². The Morgan fingerprint density at radius 3 is 2.03 bits per heavy atom. The predicted octanol–water partition coefficient (Wildman–Crippen LogP) is 8.81. The number of allylic oxidation sites excluding steroid dienone is 1. The number of nitrogens with zero attached hydrogens (tertiary/aromatic N) is 2. The molecule has 0 fully saturated rings. The van der Waals surface area contributed by atoms with E-state index in [2.05, 4.69) is 143 Å². The molecule has 7 rings (SSSR count). The van der Waals surface area contributed by atoms with Gasteiger partial charge in [-0.3, -0.25) is 0 Å². The van der Waals surface area contributed by atoms with E-state index in [0.717, 1.165) is 41.1 Å².